The number of carbonyl (C=O) groups is 3. The Morgan fingerprint density at radius 2 is 0.509 bits per heavy atom. The van der Waals surface area contributed by atoms with Gasteiger partial charge in [0.05, 0.1) is 0 Å². The summed E-state index contributed by atoms with van der Waals surface area (Å²) in [5.41, 5.74) is 0. The maximum absolute atomic E-state index is 12.7. The maximum atomic E-state index is 12.7. The molecule has 0 N–H and O–H groups in total. The molecule has 0 fully saturated rings. The summed E-state index contributed by atoms with van der Waals surface area (Å²) in [5.74, 6) is 1.58. The van der Waals surface area contributed by atoms with Crippen molar-refractivity contribution in [2.24, 2.45) is 17.8 Å². The van der Waals surface area contributed by atoms with Gasteiger partial charge in [-0.2, -0.15) is 0 Å². The first-order valence-corrected chi connectivity index (χ1v) is 25.1. The highest BCUT2D eigenvalue weighted by atomic mass is 16.6. The zero-order valence-electron chi connectivity index (χ0n) is 39.1. The molecule has 6 heteroatoms. The topological polar surface area (TPSA) is 78.9 Å². The standard InChI is InChI=1S/C51H98O6/c1-45(2)37-31-25-19-13-11-9-7-8-10-12-14-22-28-34-40-49(52)55-43-48(57-51(54)42-36-30-24-18-16-21-27-33-39-47(5)6)44-56-50(53)41-35-29-23-17-15-20-26-32-38-46(3)4/h45-48H,7-44H2,1-6H3/t48-/m1/s1. The summed E-state index contributed by atoms with van der Waals surface area (Å²) >= 11 is 0. The van der Waals surface area contributed by atoms with Crippen molar-refractivity contribution in [3.8, 4) is 0 Å². The smallest absolute Gasteiger partial charge is 0.306 e. The Morgan fingerprint density at radius 3 is 0.754 bits per heavy atom. The van der Waals surface area contributed by atoms with Gasteiger partial charge in [0.2, 0.25) is 0 Å². The first kappa shape index (κ1) is 55.4. The highest BCUT2D eigenvalue weighted by Crippen LogP contribution is 2.17. The van der Waals surface area contributed by atoms with Gasteiger partial charge >= 0.3 is 17.9 Å². The Bertz CT molecular complexity index is 883. The van der Waals surface area contributed by atoms with Crippen LogP contribution < -0.4 is 0 Å². The number of rotatable bonds is 44. The number of hydrogen-bond donors (Lipinski definition) is 0. The van der Waals surface area contributed by atoms with Crippen LogP contribution in [0.3, 0.4) is 0 Å². The average Bonchev–Trinajstić information content (AvgIpc) is 3.16. The Balaban J connectivity index is 4.28. The third-order valence-corrected chi connectivity index (χ3v) is 11.4. The second-order valence-electron chi connectivity index (χ2n) is 18.9. The van der Waals surface area contributed by atoms with E-state index in [1.165, 1.54) is 154 Å². The quantitative estimate of drug-likeness (QED) is 0.0347. The predicted octanol–water partition coefficient (Wildman–Crippen LogP) is 16.0. The molecule has 0 aromatic rings. The zero-order valence-corrected chi connectivity index (χ0v) is 39.1. The lowest BCUT2D eigenvalue weighted by Crippen LogP contribution is -2.30. The second kappa shape index (κ2) is 42.5. The predicted molar refractivity (Wildman–Crippen MR) is 243 cm³/mol. The Hall–Kier alpha value is -1.59. The molecule has 0 spiro atoms. The summed E-state index contributed by atoms with van der Waals surface area (Å²) in [6.45, 7) is 13.7. The van der Waals surface area contributed by atoms with Crippen LogP contribution in [0.4, 0.5) is 0 Å². The molecule has 0 radical (unpaired) electrons. The highest BCUT2D eigenvalue weighted by Gasteiger charge is 2.19. The minimum absolute atomic E-state index is 0.0655. The van der Waals surface area contributed by atoms with E-state index in [0.717, 1.165) is 75.5 Å². The molecule has 6 nitrogen and oxygen atoms in total. The lowest BCUT2D eigenvalue weighted by atomic mass is 10.0. The molecule has 0 rings (SSSR count). The molecule has 0 amide bonds. The summed E-state index contributed by atoms with van der Waals surface area (Å²) in [5, 5.41) is 0. The molecular weight excluding hydrogens is 709 g/mol. The van der Waals surface area contributed by atoms with Crippen molar-refractivity contribution in [3.05, 3.63) is 0 Å². The van der Waals surface area contributed by atoms with Gasteiger partial charge in [0, 0.05) is 19.3 Å². The van der Waals surface area contributed by atoms with Gasteiger partial charge in [-0.25, -0.2) is 0 Å². The summed E-state index contributed by atoms with van der Waals surface area (Å²) in [4.78, 5) is 37.8. The van der Waals surface area contributed by atoms with Gasteiger partial charge < -0.3 is 14.2 Å². The van der Waals surface area contributed by atoms with Crippen molar-refractivity contribution in [2.75, 3.05) is 13.2 Å². The lowest BCUT2D eigenvalue weighted by Gasteiger charge is -2.18. The Labute approximate surface area is 355 Å². The molecule has 0 aromatic heterocycles. The van der Waals surface area contributed by atoms with E-state index in [4.69, 9.17) is 14.2 Å². The average molecular weight is 807 g/mol. The van der Waals surface area contributed by atoms with Crippen LogP contribution in [-0.2, 0) is 28.6 Å². The van der Waals surface area contributed by atoms with Gasteiger partial charge in [-0.05, 0) is 37.0 Å². The lowest BCUT2D eigenvalue weighted by molar-refractivity contribution is -0.167. The summed E-state index contributed by atoms with van der Waals surface area (Å²) in [6.07, 6.45) is 41.0. The van der Waals surface area contributed by atoms with Crippen LogP contribution in [-0.4, -0.2) is 37.2 Å². The summed E-state index contributed by atoms with van der Waals surface area (Å²) in [7, 11) is 0. The monoisotopic (exact) mass is 807 g/mol. The minimum Gasteiger partial charge on any atom is -0.462 e. The van der Waals surface area contributed by atoms with Crippen LogP contribution >= 0.6 is 0 Å². The molecule has 1 atom stereocenters. The highest BCUT2D eigenvalue weighted by molar-refractivity contribution is 5.71. The fourth-order valence-electron chi connectivity index (χ4n) is 7.59. The number of carbonyl (C=O) groups excluding carboxylic acids is 3. The van der Waals surface area contributed by atoms with E-state index >= 15 is 0 Å². The third-order valence-electron chi connectivity index (χ3n) is 11.4. The molecule has 0 aliphatic heterocycles. The molecule has 0 saturated carbocycles. The van der Waals surface area contributed by atoms with Crippen molar-refractivity contribution in [1.29, 1.82) is 0 Å². The fourth-order valence-corrected chi connectivity index (χ4v) is 7.59. The number of hydrogen-bond acceptors (Lipinski definition) is 6. The molecule has 0 saturated heterocycles. The third kappa shape index (κ3) is 45.3. The molecular formula is C51H98O6. The van der Waals surface area contributed by atoms with Crippen molar-refractivity contribution >= 4 is 17.9 Å². The van der Waals surface area contributed by atoms with Crippen LogP contribution in [0.1, 0.15) is 273 Å². The largest absolute Gasteiger partial charge is 0.462 e. The second-order valence-corrected chi connectivity index (χ2v) is 18.9. The number of ether oxygens (including phenoxy) is 3. The maximum Gasteiger partial charge on any atom is 0.306 e. The van der Waals surface area contributed by atoms with Gasteiger partial charge in [0.15, 0.2) is 6.10 Å². The van der Waals surface area contributed by atoms with E-state index in [-0.39, 0.29) is 31.1 Å². The fraction of sp³-hybridized carbons (Fsp3) is 0.941. The van der Waals surface area contributed by atoms with Gasteiger partial charge in [-0.15, -0.1) is 0 Å². The normalized spacial score (nSPS) is 12.2. The van der Waals surface area contributed by atoms with Gasteiger partial charge in [-0.3, -0.25) is 14.4 Å². The summed E-state index contributed by atoms with van der Waals surface area (Å²) < 4.78 is 16.8. The number of esters is 3. The van der Waals surface area contributed by atoms with E-state index in [2.05, 4.69) is 41.5 Å². The van der Waals surface area contributed by atoms with Gasteiger partial charge in [0.25, 0.3) is 0 Å². The molecule has 0 aliphatic rings. The van der Waals surface area contributed by atoms with Crippen LogP contribution in [0, 0.1) is 17.8 Å². The SMILES string of the molecule is CC(C)CCCCCCCCCCCCCCCCC(=O)OC[C@H](COC(=O)CCCCCCCCCCC(C)C)OC(=O)CCCCCCCCCCC(C)C. The van der Waals surface area contributed by atoms with Crippen LogP contribution in [0.25, 0.3) is 0 Å². The van der Waals surface area contributed by atoms with E-state index < -0.39 is 6.10 Å². The van der Waals surface area contributed by atoms with E-state index in [1.807, 2.05) is 0 Å². The van der Waals surface area contributed by atoms with Gasteiger partial charge in [0.1, 0.15) is 13.2 Å². The minimum atomic E-state index is -0.762. The molecule has 0 aromatic carbocycles. The van der Waals surface area contributed by atoms with Crippen LogP contribution in [0.15, 0.2) is 0 Å². The van der Waals surface area contributed by atoms with E-state index in [1.54, 1.807) is 0 Å². The first-order chi connectivity index (χ1) is 27.6. The van der Waals surface area contributed by atoms with Crippen molar-refractivity contribution in [3.63, 3.8) is 0 Å². The molecule has 57 heavy (non-hydrogen) atoms. The van der Waals surface area contributed by atoms with Crippen LogP contribution in [0.2, 0.25) is 0 Å². The molecule has 0 unspecified atom stereocenters. The van der Waals surface area contributed by atoms with Gasteiger partial charge in [-0.1, -0.05) is 234 Å². The van der Waals surface area contributed by atoms with Crippen molar-refractivity contribution in [1.82, 2.24) is 0 Å². The van der Waals surface area contributed by atoms with E-state index in [9.17, 15) is 14.4 Å². The zero-order chi connectivity index (χ0) is 42.0. The molecule has 0 heterocycles. The van der Waals surface area contributed by atoms with Crippen LogP contribution in [0.5, 0.6) is 0 Å². The number of unbranched alkanes of at least 4 members (excludes halogenated alkanes) is 27. The Kier molecular flexibility index (Phi) is 41.3. The van der Waals surface area contributed by atoms with Crippen molar-refractivity contribution in [2.45, 2.75) is 279 Å². The molecule has 338 valence electrons. The Morgan fingerprint density at radius 1 is 0.298 bits per heavy atom. The van der Waals surface area contributed by atoms with E-state index in [0.29, 0.717) is 19.3 Å². The summed E-state index contributed by atoms with van der Waals surface area (Å²) in [6, 6.07) is 0. The first-order valence-electron chi connectivity index (χ1n) is 25.1. The van der Waals surface area contributed by atoms with Crippen molar-refractivity contribution < 1.29 is 28.6 Å². The molecule has 0 aliphatic carbocycles. The molecule has 0 bridgehead atoms.